The van der Waals surface area contributed by atoms with Crippen LogP contribution in [0.3, 0.4) is 0 Å². The van der Waals surface area contributed by atoms with E-state index in [0.717, 1.165) is 69.5 Å². The fourth-order valence-electron chi connectivity index (χ4n) is 4.31. The van der Waals surface area contributed by atoms with Crippen molar-refractivity contribution in [2.24, 2.45) is 0 Å². The average Bonchev–Trinajstić information content (AvgIpc) is 2.88. The molecule has 2 aromatic rings. The molecule has 3 rings (SSSR count). The first-order valence-electron chi connectivity index (χ1n) is 10.8. The number of nitrogens with one attached hydrogen (secondary N) is 1. The molecule has 1 aliphatic rings. The lowest BCUT2D eigenvalue weighted by Gasteiger charge is -2.26. The van der Waals surface area contributed by atoms with Gasteiger partial charge in [-0.3, -0.25) is 0 Å². The highest BCUT2D eigenvalue weighted by atomic mass is 16.5. The van der Waals surface area contributed by atoms with Crippen LogP contribution in [-0.4, -0.2) is 38.0 Å². The van der Waals surface area contributed by atoms with Gasteiger partial charge >= 0.3 is 0 Å². The quantitative estimate of drug-likeness (QED) is 0.491. The third kappa shape index (κ3) is 5.97. The maximum Gasteiger partial charge on any atom is 0.161 e. The van der Waals surface area contributed by atoms with E-state index in [4.69, 9.17) is 9.47 Å². The predicted octanol–water partition coefficient (Wildman–Crippen LogP) is 4.23. The first-order valence-corrected chi connectivity index (χ1v) is 10.8. The molecular weight excluding hydrogens is 362 g/mol. The molecule has 0 atom stereocenters. The molecule has 4 nitrogen and oxygen atoms in total. The van der Waals surface area contributed by atoms with Crippen LogP contribution in [0, 0.1) is 6.92 Å². The number of aryl methyl sites for hydroxylation is 3. The van der Waals surface area contributed by atoms with Crippen LogP contribution in [0.25, 0.3) is 0 Å². The number of fused-ring (bicyclic) bond motifs is 1. The SMILES string of the molecule is COc1cc2c(cc1OC)CCC(O)(CCCNCCc1cccc(C)c1)CC2. The van der Waals surface area contributed by atoms with Crippen molar-refractivity contribution >= 4 is 0 Å². The Morgan fingerprint density at radius 3 is 2.21 bits per heavy atom. The Bertz CT molecular complexity index is 768. The molecule has 1 aliphatic carbocycles. The summed E-state index contributed by atoms with van der Waals surface area (Å²) in [6.07, 6.45) is 6.25. The zero-order valence-electron chi connectivity index (χ0n) is 18.1. The second kappa shape index (κ2) is 10.1. The number of aliphatic hydroxyl groups is 1. The van der Waals surface area contributed by atoms with Gasteiger partial charge in [-0.2, -0.15) is 0 Å². The second-order valence-electron chi connectivity index (χ2n) is 8.29. The third-order valence-electron chi connectivity index (χ3n) is 6.09. The van der Waals surface area contributed by atoms with Gasteiger partial charge in [-0.1, -0.05) is 29.8 Å². The highest BCUT2D eigenvalue weighted by molar-refractivity contribution is 5.48. The van der Waals surface area contributed by atoms with Crippen molar-refractivity contribution in [2.45, 2.75) is 57.5 Å². The second-order valence-corrected chi connectivity index (χ2v) is 8.29. The standard InChI is InChI=1S/C25H35NO3/c1-19-6-4-7-20(16-19)10-15-26-14-5-11-25(27)12-8-21-17-23(28-2)24(29-3)18-22(21)9-13-25/h4,6-7,16-18,26-27H,5,8-15H2,1-3H3. The zero-order valence-corrected chi connectivity index (χ0v) is 18.1. The fourth-order valence-corrected chi connectivity index (χ4v) is 4.31. The molecule has 0 amide bonds. The van der Waals surface area contributed by atoms with E-state index in [0.29, 0.717) is 0 Å². The summed E-state index contributed by atoms with van der Waals surface area (Å²) < 4.78 is 10.9. The van der Waals surface area contributed by atoms with Gasteiger partial charge in [0.15, 0.2) is 11.5 Å². The Hall–Kier alpha value is -2.04. The Morgan fingerprint density at radius 1 is 0.966 bits per heavy atom. The van der Waals surface area contributed by atoms with Crippen LogP contribution in [0.15, 0.2) is 36.4 Å². The van der Waals surface area contributed by atoms with Crippen LogP contribution in [0.4, 0.5) is 0 Å². The summed E-state index contributed by atoms with van der Waals surface area (Å²) in [5.41, 5.74) is 4.65. The first kappa shape index (κ1) is 21.7. The third-order valence-corrected chi connectivity index (χ3v) is 6.09. The molecule has 0 aliphatic heterocycles. The average molecular weight is 398 g/mol. The molecule has 0 saturated heterocycles. The van der Waals surface area contributed by atoms with E-state index in [1.54, 1.807) is 14.2 Å². The summed E-state index contributed by atoms with van der Waals surface area (Å²) in [5, 5.41) is 14.7. The molecule has 0 fully saturated rings. The molecule has 0 radical (unpaired) electrons. The molecule has 29 heavy (non-hydrogen) atoms. The molecule has 0 bridgehead atoms. The first-order chi connectivity index (χ1) is 14.0. The number of hydrogen-bond donors (Lipinski definition) is 2. The van der Waals surface area contributed by atoms with Gasteiger partial charge in [0, 0.05) is 0 Å². The van der Waals surface area contributed by atoms with Crippen molar-refractivity contribution in [3.63, 3.8) is 0 Å². The highest BCUT2D eigenvalue weighted by Crippen LogP contribution is 2.37. The van der Waals surface area contributed by atoms with E-state index in [2.05, 4.69) is 48.6 Å². The molecular formula is C25H35NO3. The van der Waals surface area contributed by atoms with Crippen LogP contribution in [0.1, 0.15) is 47.9 Å². The zero-order chi connectivity index (χ0) is 20.7. The van der Waals surface area contributed by atoms with Crippen molar-refractivity contribution in [1.82, 2.24) is 5.32 Å². The van der Waals surface area contributed by atoms with Crippen LogP contribution in [0.2, 0.25) is 0 Å². The van der Waals surface area contributed by atoms with Crippen LogP contribution < -0.4 is 14.8 Å². The Balaban J connectivity index is 1.44. The number of methoxy groups -OCH3 is 2. The lowest BCUT2D eigenvalue weighted by atomic mass is 9.89. The van der Waals surface area contributed by atoms with Gasteiger partial charge < -0.3 is 19.9 Å². The van der Waals surface area contributed by atoms with Gasteiger partial charge in [-0.15, -0.1) is 0 Å². The summed E-state index contributed by atoms with van der Waals surface area (Å²) in [6.45, 7) is 4.06. The van der Waals surface area contributed by atoms with Gasteiger partial charge in [-0.25, -0.2) is 0 Å². The Labute approximate surface area is 175 Å². The molecule has 0 aromatic heterocycles. The fraction of sp³-hybridized carbons (Fsp3) is 0.520. The molecule has 2 N–H and O–H groups in total. The molecule has 2 aromatic carbocycles. The minimum Gasteiger partial charge on any atom is -0.493 e. The Kier molecular flexibility index (Phi) is 7.57. The topological polar surface area (TPSA) is 50.7 Å². The summed E-state index contributed by atoms with van der Waals surface area (Å²) in [5.74, 6) is 1.55. The van der Waals surface area contributed by atoms with Crippen molar-refractivity contribution in [1.29, 1.82) is 0 Å². The largest absolute Gasteiger partial charge is 0.493 e. The van der Waals surface area contributed by atoms with Crippen LogP contribution in [-0.2, 0) is 19.3 Å². The molecule has 0 unspecified atom stereocenters. The maximum absolute atomic E-state index is 11.2. The minimum absolute atomic E-state index is 0.586. The summed E-state index contributed by atoms with van der Waals surface area (Å²) >= 11 is 0. The van der Waals surface area contributed by atoms with E-state index in [9.17, 15) is 5.11 Å². The number of ether oxygens (including phenoxy) is 2. The smallest absolute Gasteiger partial charge is 0.161 e. The van der Waals surface area contributed by atoms with Gasteiger partial charge in [0.05, 0.1) is 19.8 Å². The van der Waals surface area contributed by atoms with Crippen molar-refractivity contribution in [2.75, 3.05) is 27.3 Å². The number of benzene rings is 2. The molecule has 158 valence electrons. The van der Waals surface area contributed by atoms with Crippen molar-refractivity contribution in [3.8, 4) is 11.5 Å². The maximum atomic E-state index is 11.2. The summed E-state index contributed by atoms with van der Waals surface area (Å²) in [7, 11) is 3.34. The monoisotopic (exact) mass is 397 g/mol. The molecule has 0 saturated carbocycles. The lowest BCUT2D eigenvalue weighted by molar-refractivity contribution is 0.0155. The number of rotatable bonds is 9. The van der Waals surface area contributed by atoms with Gasteiger partial charge in [0.25, 0.3) is 0 Å². The van der Waals surface area contributed by atoms with Crippen LogP contribution >= 0.6 is 0 Å². The van der Waals surface area contributed by atoms with Gasteiger partial charge in [0.2, 0.25) is 0 Å². The van der Waals surface area contributed by atoms with Gasteiger partial charge in [-0.05, 0) is 93.8 Å². The predicted molar refractivity (Wildman–Crippen MR) is 118 cm³/mol. The summed E-state index contributed by atoms with van der Waals surface area (Å²) in [4.78, 5) is 0. The van der Waals surface area contributed by atoms with E-state index in [-0.39, 0.29) is 0 Å². The molecule has 0 heterocycles. The van der Waals surface area contributed by atoms with Gasteiger partial charge in [0.1, 0.15) is 0 Å². The van der Waals surface area contributed by atoms with Crippen LogP contribution in [0.5, 0.6) is 11.5 Å². The molecule has 0 spiro atoms. The van der Waals surface area contributed by atoms with E-state index in [1.165, 1.54) is 22.3 Å². The van der Waals surface area contributed by atoms with Crippen molar-refractivity contribution < 1.29 is 14.6 Å². The van der Waals surface area contributed by atoms with Crippen molar-refractivity contribution in [3.05, 3.63) is 58.7 Å². The summed E-state index contributed by atoms with van der Waals surface area (Å²) in [6, 6.07) is 12.8. The van der Waals surface area contributed by atoms with E-state index >= 15 is 0 Å². The Morgan fingerprint density at radius 2 is 1.62 bits per heavy atom. The minimum atomic E-state index is -0.586. The molecule has 4 heteroatoms. The number of hydrogen-bond acceptors (Lipinski definition) is 4. The van der Waals surface area contributed by atoms with E-state index in [1.807, 2.05) is 0 Å². The lowest BCUT2D eigenvalue weighted by Crippen LogP contribution is -2.30. The normalized spacial score (nSPS) is 15.4. The van der Waals surface area contributed by atoms with E-state index < -0.39 is 5.60 Å². The highest BCUT2D eigenvalue weighted by Gasteiger charge is 2.29.